The third kappa shape index (κ3) is 4.41. The molecule has 1 heterocycles. The Morgan fingerprint density at radius 2 is 1.92 bits per heavy atom. The number of thiazole rings is 1. The van der Waals surface area contributed by atoms with Gasteiger partial charge < -0.3 is 5.32 Å². The molecule has 0 aliphatic heterocycles. The fraction of sp³-hybridized carbons (Fsp3) is 0.158. The van der Waals surface area contributed by atoms with Gasteiger partial charge in [-0.05, 0) is 31.2 Å². The monoisotopic (exact) mass is 408 g/mol. The normalized spacial score (nSPS) is 10.8. The SMILES string of the molecule is Cc1sc(CNC(=O)Cc2c(F)cccc2Cl)nc1-c1ccc(Cl)cc1. The molecule has 0 aliphatic rings. The van der Waals surface area contributed by atoms with Crippen molar-refractivity contribution >= 4 is 40.4 Å². The minimum Gasteiger partial charge on any atom is -0.349 e. The molecular formula is C19H15Cl2FN2OS. The lowest BCUT2D eigenvalue weighted by Gasteiger charge is -2.06. The minimum absolute atomic E-state index is 0.111. The largest absolute Gasteiger partial charge is 0.349 e. The summed E-state index contributed by atoms with van der Waals surface area (Å²) in [5.74, 6) is -0.791. The third-order valence-corrected chi connectivity index (χ3v) is 5.37. The second-order valence-corrected chi connectivity index (χ2v) is 7.80. The summed E-state index contributed by atoms with van der Waals surface area (Å²) in [6, 6.07) is 11.8. The van der Waals surface area contributed by atoms with E-state index in [2.05, 4.69) is 10.3 Å². The predicted molar refractivity (Wildman–Crippen MR) is 104 cm³/mol. The van der Waals surface area contributed by atoms with Gasteiger partial charge >= 0.3 is 0 Å². The maximum absolute atomic E-state index is 13.8. The molecule has 0 spiro atoms. The summed E-state index contributed by atoms with van der Waals surface area (Å²) in [7, 11) is 0. The Bertz CT molecular complexity index is 921. The van der Waals surface area contributed by atoms with Crippen molar-refractivity contribution in [3.8, 4) is 11.3 Å². The van der Waals surface area contributed by atoms with Crippen LogP contribution in [-0.4, -0.2) is 10.9 Å². The molecule has 26 heavy (non-hydrogen) atoms. The lowest BCUT2D eigenvalue weighted by molar-refractivity contribution is -0.120. The molecule has 3 rings (SSSR count). The maximum atomic E-state index is 13.8. The fourth-order valence-corrected chi connectivity index (χ4v) is 3.75. The molecule has 2 aromatic carbocycles. The average Bonchev–Trinajstić information content (AvgIpc) is 2.98. The maximum Gasteiger partial charge on any atom is 0.224 e. The molecule has 7 heteroatoms. The van der Waals surface area contributed by atoms with Gasteiger partial charge in [-0.1, -0.05) is 41.4 Å². The van der Waals surface area contributed by atoms with E-state index in [1.54, 1.807) is 6.07 Å². The molecule has 3 aromatic rings. The lowest BCUT2D eigenvalue weighted by atomic mass is 10.1. The van der Waals surface area contributed by atoms with Crippen molar-refractivity contribution in [1.82, 2.24) is 10.3 Å². The van der Waals surface area contributed by atoms with Crippen LogP contribution in [-0.2, 0) is 17.8 Å². The summed E-state index contributed by atoms with van der Waals surface area (Å²) in [5.41, 5.74) is 2.04. The van der Waals surface area contributed by atoms with Crippen molar-refractivity contribution in [3.63, 3.8) is 0 Å². The molecule has 0 atom stereocenters. The first-order chi connectivity index (χ1) is 12.4. The standard InChI is InChI=1S/C19H15Cl2FN2OS/c1-11-19(12-5-7-13(20)8-6-12)24-18(26-11)10-23-17(25)9-14-15(21)3-2-4-16(14)22/h2-8H,9-10H2,1H3,(H,23,25). The van der Waals surface area contributed by atoms with E-state index in [1.807, 2.05) is 31.2 Å². The molecule has 0 radical (unpaired) electrons. The predicted octanol–water partition coefficient (Wildman–Crippen LogP) is 5.42. The Balaban J connectivity index is 1.66. The highest BCUT2D eigenvalue weighted by molar-refractivity contribution is 7.12. The van der Waals surface area contributed by atoms with Gasteiger partial charge in [0.15, 0.2) is 0 Å². The first kappa shape index (κ1) is 18.8. The quantitative estimate of drug-likeness (QED) is 0.611. The van der Waals surface area contributed by atoms with Crippen molar-refractivity contribution in [3.05, 3.63) is 73.8 Å². The van der Waals surface area contributed by atoms with Gasteiger partial charge in [0.1, 0.15) is 10.8 Å². The third-order valence-electron chi connectivity index (χ3n) is 3.79. The summed E-state index contributed by atoms with van der Waals surface area (Å²) in [6.45, 7) is 2.26. The first-order valence-corrected chi connectivity index (χ1v) is 9.43. The van der Waals surface area contributed by atoms with Gasteiger partial charge in [-0.2, -0.15) is 0 Å². The zero-order valence-corrected chi connectivity index (χ0v) is 16.2. The topological polar surface area (TPSA) is 42.0 Å². The molecule has 0 bridgehead atoms. The molecule has 1 N–H and O–H groups in total. The van der Waals surface area contributed by atoms with Crippen LogP contribution in [0.3, 0.4) is 0 Å². The number of carbonyl (C=O) groups is 1. The van der Waals surface area contributed by atoms with E-state index < -0.39 is 5.82 Å². The van der Waals surface area contributed by atoms with Gasteiger partial charge in [-0.25, -0.2) is 9.37 Å². The number of amides is 1. The van der Waals surface area contributed by atoms with Crippen molar-refractivity contribution in [1.29, 1.82) is 0 Å². The van der Waals surface area contributed by atoms with E-state index in [9.17, 15) is 9.18 Å². The number of nitrogens with zero attached hydrogens (tertiary/aromatic N) is 1. The lowest BCUT2D eigenvalue weighted by Crippen LogP contribution is -2.25. The number of hydrogen-bond donors (Lipinski definition) is 1. The molecule has 0 unspecified atom stereocenters. The molecule has 1 amide bonds. The highest BCUT2D eigenvalue weighted by atomic mass is 35.5. The summed E-state index contributed by atoms with van der Waals surface area (Å²) < 4.78 is 13.8. The Kier molecular flexibility index (Phi) is 5.91. The van der Waals surface area contributed by atoms with Crippen LogP contribution in [0, 0.1) is 12.7 Å². The molecule has 1 aromatic heterocycles. The van der Waals surface area contributed by atoms with E-state index in [-0.39, 0.29) is 29.5 Å². The Labute approximate surface area is 164 Å². The number of aryl methyl sites for hydroxylation is 1. The second kappa shape index (κ2) is 8.16. The Morgan fingerprint density at radius 1 is 1.19 bits per heavy atom. The first-order valence-electron chi connectivity index (χ1n) is 7.86. The van der Waals surface area contributed by atoms with Gasteiger partial charge in [-0.3, -0.25) is 4.79 Å². The number of nitrogens with one attached hydrogen (secondary N) is 1. The Hall–Kier alpha value is -1.95. The number of benzene rings is 2. The zero-order chi connectivity index (χ0) is 18.7. The van der Waals surface area contributed by atoms with Gasteiger partial charge in [-0.15, -0.1) is 11.3 Å². The number of carbonyl (C=O) groups excluding carboxylic acids is 1. The highest BCUT2D eigenvalue weighted by Gasteiger charge is 2.14. The number of rotatable bonds is 5. The summed E-state index contributed by atoms with van der Waals surface area (Å²) in [4.78, 5) is 17.7. The molecule has 134 valence electrons. The van der Waals surface area contributed by atoms with Gasteiger partial charge in [0.2, 0.25) is 5.91 Å². The van der Waals surface area contributed by atoms with Crippen LogP contribution < -0.4 is 5.32 Å². The summed E-state index contributed by atoms with van der Waals surface area (Å²) in [5, 5.41) is 4.46. The van der Waals surface area contributed by atoms with Gasteiger partial charge in [0.05, 0.1) is 18.7 Å². The van der Waals surface area contributed by atoms with Gasteiger partial charge in [0.25, 0.3) is 0 Å². The van der Waals surface area contributed by atoms with Crippen molar-refractivity contribution < 1.29 is 9.18 Å². The van der Waals surface area contributed by atoms with E-state index in [0.29, 0.717) is 5.02 Å². The number of hydrogen-bond acceptors (Lipinski definition) is 3. The molecule has 0 saturated carbocycles. The molecule has 0 saturated heterocycles. The second-order valence-electron chi connectivity index (χ2n) is 5.67. The zero-order valence-electron chi connectivity index (χ0n) is 13.9. The Morgan fingerprint density at radius 3 is 2.62 bits per heavy atom. The summed E-state index contributed by atoms with van der Waals surface area (Å²) >= 11 is 13.4. The minimum atomic E-state index is -0.484. The highest BCUT2D eigenvalue weighted by Crippen LogP contribution is 2.28. The van der Waals surface area contributed by atoms with Crippen LogP contribution >= 0.6 is 34.5 Å². The molecule has 0 fully saturated rings. The molecule has 3 nitrogen and oxygen atoms in total. The van der Waals surface area contributed by atoms with Crippen LogP contribution in [0.5, 0.6) is 0 Å². The smallest absolute Gasteiger partial charge is 0.224 e. The van der Waals surface area contributed by atoms with Crippen LogP contribution in [0.15, 0.2) is 42.5 Å². The van der Waals surface area contributed by atoms with Gasteiger partial charge in [0, 0.05) is 26.0 Å². The fourth-order valence-electron chi connectivity index (χ4n) is 2.50. The van der Waals surface area contributed by atoms with Crippen molar-refractivity contribution in [2.45, 2.75) is 19.9 Å². The van der Waals surface area contributed by atoms with E-state index in [4.69, 9.17) is 23.2 Å². The number of halogens is 3. The average molecular weight is 409 g/mol. The van der Waals surface area contributed by atoms with E-state index in [1.165, 1.54) is 23.5 Å². The van der Waals surface area contributed by atoms with E-state index >= 15 is 0 Å². The van der Waals surface area contributed by atoms with Crippen LogP contribution in [0.1, 0.15) is 15.4 Å². The van der Waals surface area contributed by atoms with Crippen molar-refractivity contribution in [2.24, 2.45) is 0 Å². The van der Waals surface area contributed by atoms with Crippen LogP contribution in [0.4, 0.5) is 4.39 Å². The van der Waals surface area contributed by atoms with E-state index in [0.717, 1.165) is 21.1 Å². The van der Waals surface area contributed by atoms with Crippen molar-refractivity contribution in [2.75, 3.05) is 0 Å². The number of aromatic nitrogens is 1. The molecule has 0 aliphatic carbocycles. The van der Waals surface area contributed by atoms with Crippen LogP contribution in [0.25, 0.3) is 11.3 Å². The molecular weight excluding hydrogens is 394 g/mol. The summed E-state index contributed by atoms with van der Waals surface area (Å²) in [6.07, 6.45) is -0.111. The van der Waals surface area contributed by atoms with Crippen LogP contribution in [0.2, 0.25) is 10.0 Å².